The molecule has 2 atom stereocenters. The van der Waals surface area contributed by atoms with Crippen molar-refractivity contribution in [2.45, 2.75) is 38.0 Å². The molecule has 1 N–H and O–H groups in total. The lowest BCUT2D eigenvalue weighted by Gasteiger charge is -2.41. The minimum Gasteiger partial charge on any atom is -0.381 e. The summed E-state index contributed by atoms with van der Waals surface area (Å²) in [6.07, 6.45) is 1.71. The number of hydrogen-bond donors (Lipinski definition) is 1. The summed E-state index contributed by atoms with van der Waals surface area (Å²) in [5.41, 5.74) is 2.49. The minimum absolute atomic E-state index is 0.00471. The summed E-state index contributed by atoms with van der Waals surface area (Å²) in [5, 5.41) is 3.19. The van der Waals surface area contributed by atoms with Gasteiger partial charge in [-0.15, -0.1) is 0 Å². The van der Waals surface area contributed by atoms with Gasteiger partial charge in [-0.05, 0) is 30.9 Å². The van der Waals surface area contributed by atoms with Crippen LogP contribution in [0.25, 0.3) is 0 Å². The minimum atomic E-state index is -3.44. The molecule has 0 aromatic heterocycles. The van der Waals surface area contributed by atoms with Crippen molar-refractivity contribution in [2.75, 3.05) is 26.3 Å². The lowest BCUT2D eigenvalue weighted by atomic mass is 9.77. The van der Waals surface area contributed by atoms with Crippen molar-refractivity contribution >= 4 is 15.9 Å². The Balaban J connectivity index is 1.43. The maximum Gasteiger partial charge on any atom is 0.224 e. The lowest BCUT2D eigenvalue weighted by molar-refractivity contribution is -0.124. The molecule has 2 fully saturated rings. The maximum absolute atomic E-state index is 13.1. The predicted molar refractivity (Wildman–Crippen MR) is 120 cm³/mol. The second kappa shape index (κ2) is 9.10. The Labute approximate surface area is 184 Å². The van der Waals surface area contributed by atoms with E-state index in [2.05, 4.69) is 5.32 Å². The maximum atomic E-state index is 13.1. The van der Waals surface area contributed by atoms with Gasteiger partial charge in [0.05, 0.1) is 18.8 Å². The number of amides is 1. The zero-order chi connectivity index (χ0) is 21.9. The number of benzene rings is 2. The van der Waals surface area contributed by atoms with Gasteiger partial charge in [0.2, 0.25) is 15.9 Å². The highest BCUT2D eigenvalue weighted by atomic mass is 32.2. The van der Waals surface area contributed by atoms with Crippen molar-refractivity contribution < 1.29 is 17.9 Å². The fourth-order valence-electron chi connectivity index (χ4n) is 4.62. The molecule has 2 aromatic rings. The van der Waals surface area contributed by atoms with E-state index in [-0.39, 0.29) is 23.1 Å². The van der Waals surface area contributed by atoms with Gasteiger partial charge in [-0.3, -0.25) is 4.79 Å². The zero-order valence-electron chi connectivity index (χ0n) is 17.9. The van der Waals surface area contributed by atoms with Crippen molar-refractivity contribution in [1.82, 2.24) is 9.62 Å². The molecule has 2 aliphatic heterocycles. The van der Waals surface area contributed by atoms with Gasteiger partial charge in [-0.2, -0.15) is 0 Å². The molecule has 4 rings (SSSR count). The van der Waals surface area contributed by atoms with Crippen molar-refractivity contribution in [3.8, 4) is 0 Å². The first kappa shape index (κ1) is 22.0. The van der Waals surface area contributed by atoms with Crippen molar-refractivity contribution in [2.24, 2.45) is 5.41 Å². The SMILES string of the molecule is Cc1ccc(CS(=O)(=O)N2CC[C@@]3(COCC[C@H]3NC(=O)Cc3ccccc3)C2)cc1. The first-order chi connectivity index (χ1) is 14.9. The van der Waals surface area contributed by atoms with E-state index in [1.54, 1.807) is 4.31 Å². The van der Waals surface area contributed by atoms with E-state index in [1.165, 1.54) is 0 Å². The molecule has 2 saturated heterocycles. The van der Waals surface area contributed by atoms with Crippen molar-refractivity contribution in [3.63, 3.8) is 0 Å². The molecule has 31 heavy (non-hydrogen) atoms. The highest BCUT2D eigenvalue weighted by Gasteiger charge is 2.49. The van der Waals surface area contributed by atoms with E-state index in [0.29, 0.717) is 45.6 Å². The number of nitrogens with zero attached hydrogens (tertiary/aromatic N) is 1. The summed E-state index contributed by atoms with van der Waals surface area (Å²) in [6, 6.07) is 17.2. The Kier molecular flexibility index (Phi) is 6.46. The zero-order valence-corrected chi connectivity index (χ0v) is 18.7. The molecule has 0 saturated carbocycles. The quantitative estimate of drug-likeness (QED) is 0.746. The molecule has 1 spiro atoms. The van der Waals surface area contributed by atoms with Gasteiger partial charge in [0, 0.05) is 31.2 Å². The fourth-order valence-corrected chi connectivity index (χ4v) is 6.24. The molecule has 1 amide bonds. The molecule has 2 heterocycles. The molecule has 0 radical (unpaired) electrons. The average molecular weight is 443 g/mol. The summed E-state index contributed by atoms with van der Waals surface area (Å²) in [5.74, 6) is -0.0339. The topological polar surface area (TPSA) is 75.7 Å². The standard InChI is InChI=1S/C24H30N2O4S/c1-19-7-9-21(10-8-19)16-31(28,29)26-13-12-24(17-26)18-30-14-11-22(24)25-23(27)15-20-5-3-2-4-6-20/h2-10,22H,11-18H2,1H3,(H,25,27)/t22-,24+/m1/s1. The Morgan fingerprint density at radius 1 is 1.13 bits per heavy atom. The number of nitrogens with one attached hydrogen (secondary N) is 1. The normalized spacial score (nSPS) is 24.4. The van der Waals surface area contributed by atoms with E-state index in [0.717, 1.165) is 16.7 Å². The molecule has 2 aliphatic rings. The Morgan fingerprint density at radius 2 is 1.87 bits per heavy atom. The van der Waals surface area contributed by atoms with Crippen LogP contribution in [0.4, 0.5) is 0 Å². The monoisotopic (exact) mass is 442 g/mol. The van der Waals surface area contributed by atoms with E-state index in [1.807, 2.05) is 61.5 Å². The number of sulfonamides is 1. The van der Waals surface area contributed by atoms with Gasteiger partial charge in [0.1, 0.15) is 0 Å². The van der Waals surface area contributed by atoms with Gasteiger partial charge in [0.25, 0.3) is 0 Å². The molecule has 0 aliphatic carbocycles. The Hall–Kier alpha value is -2.22. The Bertz CT molecular complexity index is 1010. The number of carbonyl (C=O) groups is 1. The molecule has 0 bridgehead atoms. The van der Waals surface area contributed by atoms with Gasteiger partial charge < -0.3 is 10.1 Å². The molecular weight excluding hydrogens is 412 g/mol. The van der Waals surface area contributed by atoms with Crippen LogP contribution in [0.1, 0.15) is 29.5 Å². The molecule has 6 nitrogen and oxygen atoms in total. The molecule has 166 valence electrons. The molecule has 7 heteroatoms. The smallest absolute Gasteiger partial charge is 0.224 e. The summed E-state index contributed by atoms with van der Waals surface area (Å²) in [4.78, 5) is 12.7. The summed E-state index contributed by atoms with van der Waals surface area (Å²) < 4.78 is 33.5. The van der Waals surface area contributed by atoms with E-state index in [4.69, 9.17) is 4.74 Å². The van der Waals surface area contributed by atoms with Crippen LogP contribution in [0.15, 0.2) is 54.6 Å². The third-order valence-electron chi connectivity index (χ3n) is 6.44. The number of hydrogen-bond acceptors (Lipinski definition) is 4. The third-order valence-corrected chi connectivity index (χ3v) is 8.23. The largest absolute Gasteiger partial charge is 0.381 e. The average Bonchev–Trinajstić information content (AvgIpc) is 3.18. The van der Waals surface area contributed by atoms with Crippen LogP contribution in [-0.4, -0.2) is 51.0 Å². The second-order valence-corrected chi connectivity index (χ2v) is 10.8. The fraction of sp³-hybridized carbons (Fsp3) is 0.458. The van der Waals surface area contributed by atoms with E-state index in [9.17, 15) is 13.2 Å². The second-order valence-electron chi connectivity index (χ2n) is 8.81. The van der Waals surface area contributed by atoms with Crippen LogP contribution in [0.5, 0.6) is 0 Å². The summed E-state index contributed by atoms with van der Waals surface area (Å²) in [7, 11) is -3.44. The molecule has 2 aromatic carbocycles. The van der Waals surface area contributed by atoms with Crippen LogP contribution in [0.3, 0.4) is 0 Å². The number of rotatable bonds is 6. The first-order valence-corrected chi connectivity index (χ1v) is 12.4. The van der Waals surface area contributed by atoms with Crippen molar-refractivity contribution in [1.29, 1.82) is 0 Å². The molecule has 0 unspecified atom stereocenters. The lowest BCUT2D eigenvalue weighted by Crippen LogP contribution is -2.55. The van der Waals surface area contributed by atoms with Gasteiger partial charge in [0.15, 0.2) is 0 Å². The predicted octanol–water partition coefficient (Wildman–Crippen LogP) is 2.66. The van der Waals surface area contributed by atoms with Gasteiger partial charge in [-0.1, -0.05) is 60.2 Å². The van der Waals surface area contributed by atoms with Gasteiger partial charge >= 0.3 is 0 Å². The van der Waals surface area contributed by atoms with E-state index < -0.39 is 10.0 Å². The highest BCUT2D eigenvalue weighted by molar-refractivity contribution is 7.88. The van der Waals surface area contributed by atoms with Crippen LogP contribution < -0.4 is 5.32 Å². The van der Waals surface area contributed by atoms with E-state index >= 15 is 0 Å². The van der Waals surface area contributed by atoms with Crippen LogP contribution in [-0.2, 0) is 31.7 Å². The Morgan fingerprint density at radius 3 is 2.61 bits per heavy atom. The highest BCUT2D eigenvalue weighted by Crippen LogP contribution is 2.40. The number of ether oxygens (including phenoxy) is 1. The summed E-state index contributed by atoms with van der Waals surface area (Å²) in [6.45, 7) is 3.88. The van der Waals surface area contributed by atoms with Crippen LogP contribution in [0.2, 0.25) is 0 Å². The molecular formula is C24H30N2O4S. The first-order valence-electron chi connectivity index (χ1n) is 10.8. The summed E-state index contributed by atoms with van der Waals surface area (Å²) >= 11 is 0. The number of carbonyl (C=O) groups excluding carboxylic acids is 1. The van der Waals surface area contributed by atoms with Gasteiger partial charge in [-0.25, -0.2) is 12.7 Å². The third kappa shape index (κ3) is 5.17. The van der Waals surface area contributed by atoms with Crippen molar-refractivity contribution in [3.05, 3.63) is 71.3 Å². The van der Waals surface area contributed by atoms with Crippen LogP contribution >= 0.6 is 0 Å². The van der Waals surface area contributed by atoms with Crippen LogP contribution in [0, 0.1) is 12.3 Å². The number of aryl methyl sites for hydroxylation is 1.